The third-order valence-electron chi connectivity index (χ3n) is 3.07. The molecule has 0 aliphatic heterocycles. The number of likely N-dealkylation sites (N-methyl/N-ethyl adjacent to an activating group) is 1. The summed E-state index contributed by atoms with van der Waals surface area (Å²) in [4.78, 5) is 13.1. The largest absolute Gasteiger partial charge is 1.00 e. The fraction of sp³-hybridized carbons (Fsp3) is 0.500. The second-order valence-corrected chi connectivity index (χ2v) is 4.50. The first kappa shape index (κ1) is 16.9. The van der Waals surface area contributed by atoms with Crippen molar-refractivity contribution < 1.29 is 22.1 Å². The Morgan fingerprint density at radius 3 is 2.33 bits per heavy atom. The number of anilines is 1. The second-order valence-electron chi connectivity index (χ2n) is 4.50. The third kappa shape index (κ3) is 5.07. The zero-order valence-corrected chi connectivity index (χ0v) is 12.4. The van der Waals surface area contributed by atoms with Gasteiger partial charge in [-0.15, -0.1) is 0 Å². The highest BCUT2D eigenvalue weighted by atomic mass is 35.5. The topological polar surface area (TPSA) is 33.5 Å². The van der Waals surface area contributed by atoms with Crippen LogP contribution >= 0.6 is 0 Å². The highest BCUT2D eigenvalue weighted by Crippen LogP contribution is 2.15. The van der Waals surface area contributed by atoms with Crippen LogP contribution in [0, 0.1) is 13.8 Å². The molecular weight excluding hydrogens is 248 g/mol. The van der Waals surface area contributed by atoms with Gasteiger partial charge < -0.3 is 22.6 Å². The lowest BCUT2D eigenvalue weighted by Gasteiger charge is -2.15. The SMILES string of the molecule is CC[NH+](CC)CC(=O)Nc1ccc(C)cc1C.[Cl-]. The van der Waals surface area contributed by atoms with Crippen molar-refractivity contribution in [2.75, 3.05) is 25.0 Å². The van der Waals surface area contributed by atoms with E-state index in [1.54, 1.807) is 0 Å². The fourth-order valence-electron chi connectivity index (χ4n) is 1.88. The Morgan fingerprint density at radius 1 is 1.22 bits per heavy atom. The summed E-state index contributed by atoms with van der Waals surface area (Å²) in [6.45, 7) is 10.8. The number of quaternary nitrogens is 1. The van der Waals surface area contributed by atoms with E-state index in [9.17, 15) is 4.79 Å². The van der Waals surface area contributed by atoms with Gasteiger partial charge in [0, 0.05) is 5.69 Å². The first-order chi connectivity index (χ1) is 8.06. The van der Waals surface area contributed by atoms with Crippen molar-refractivity contribution in [3.8, 4) is 0 Å². The molecule has 102 valence electrons. The summed E-state index contributed by atoms with van der Waals surface area (Å²) in [6.07, 6.45) is 0. The van der Waals surface area contributed by atoms with Crippen LogP contribution in [0.25, 0.3) is 0 Å². The van der Waals surface area contributed by atoms with E-state index in [0.29, 0.717) is 6.54 Å². The van der Waals surface area contributed by atoms with Crippen LogP contribution in [0.2, 0.25) is 0 Å². The molecule has 0 aromatic heterocycles. The molecule has 0 unspecified atom stereocenters. The number of rotatable bonds is 5. The minimum Gasteiger partial charge on any atom is -1.00 e. The highest BCUT2D eigenvalue weighted by Gasteiger charge is 2.11. The summed E-state index contributed by atoms with van der Waals surface area (Å²) in [6, 6.07) is 6.08. The Kier molecular flexibility index (Phi) is 7.64. The standard InChI is InChI=1S/C14H22N2O.ClH/c1-5-16(6-2)10-14(17)15-13-8-7-11(3)9-12(13)4;/h7-9H,5-6,10H2,1-4H3,(H,15,17);1H. The molecule has 0 heterocycles. The average Bonchev–Trinajstić information content (AvgIpc) is 2.29. The Hall–Kier alpha value is -1.06. The Balaban J connectivity index is 0.00000289. The monoisotopic (exact) mass is 270 g/mol. The Labute approximate surface area is 116 Å². The van der Waals surface area contributed by atoms with Crippen molar-refractivity contribution >= 4 is 11.6 Å². The number of aryl methyl sites for hydroxylation is 2. The third-order valence-corrected chi connectivity index (χ3v) is 3.07. The number of amides is 1. The number of hydrogen-bond donors (Lipinski definition) is 2. The molecule has 0 saturated heterocycles. The molecule has 0 radical (unpaired) electrons. The molecule has 0 bridgehead atoms. The van der Waals surface area contributed by atoms with Gasteiger partial charge in [-0.05, 0) is 39.3 Å². The van der Waals surface area contributed by atoms with Crippen molar-refractivity contribution in [1.29, 1.82) is 0 Å². The van der Waals surface area contributed by atoms with Crippen LogP contribution in [0.5, 0.6) is 0 Å². The molecular formula is C14H23ClN2O. The molecule has 1 aromatic carbocycles. The Bertz CT molecular complexity index is 389. The highest BCUT2D eigenvalue weighted by molar-refractivity contribution is 5.92. The van der Waals surface area contributed by atoms with Gasteiger partial charge >= 0.3 is 0 Å². The summed E-state index contributed by atoms with van der Waals surface area (Å²) < 4.78 is 0. The van der Waals surface area contributed by atoms with Gasteiger partial charge in [0.1, 0.15) is 0 Å². The number of nitrogens with one attached hydrogen (secondary N) is 2. The predicted octanol–water partition coefficient (Wildman–Crippen LogP) is -1.83. The van der Waals surface area contributed by atoms with E-state index in [1.807, 2.05) is 19.1 Å². The van der Waals surface area contributed by atoms with E-state index in [0.717, 1.165) is 24.3 Å². The first-order valence-electron chi connectivity index (χ1n) is 6.27. The summed E-state index contributed by atoms with van der Waals surface area (Å²) >= 11 is 0. The maximum atomic E-state index is 11.8. The number of carbonyl (C=O) groups is 1. The minimum atomic E-state index is 0. The lowest BCUT2D eigenvalue weighted by Crippen LogP contribution is -3.12. The smallest absolute Gasteiger partial charge is 0.279 e. The molecule has 3 nitrogen and oxygen atoms in total. The van der Waals surface area contributed by atoms with Crippen molar-refractivity contribution in [1.82, 2.24) is 0 Å². The molecule has 2 N–H and O–H groups in total. The normalized spacial score (nSPS) is 10.1. The summed E-state index contributed by atoms with van der Waals surface area (Å²) in [7, 11) is 0. The maximum Gasteiger partial charge on any atom is 0.279 e. The molecule has 4 heteroatoms. The van der Waals surface area contributed by atoms with E-state index in [2.05, 4.69) is 32.2 Å². The lowest BCUT2D eigenvalue weighted by atomic mass is 10.1. The lowest BCUT2D eigenvalue weighted by molar-refractivity contribution is -0.888. The summed E-state index contributed by atoms with van der Waals surface area (Å²) in [5.74, 6) is 0.0932. The quantitative estimate of drug-likeness (QED) is 0.649. The molecule has 0 fully saturated rings. The second kappa shape index (κ2) is 8.11. The van der Waals surface area contributed by atoms with Crippen LogP contribution < -0.4 is 22.6 Å². The minimum absolute atomic E-state index is 0. The van der Waals surface area contributed by atoms with Gasteiger partial charge in [-0.3, -0.25) is 4.79 Å². The Morgan fingerprint density at radius 2 is 1.83 bits per heavy atom. The van der Waals surface area contributed by atoms with E-state index in [1.165, 1.54) is 10.5 Å². The number of carbonyl (C=O) groups excluding carboxylic acids is 1. The van der Waals surface area contributed by atoms with E-state index < -0.39 is 0 Å². The van der Waals surface area contributed by atoms with Gasteiger partial charge in [-0.2, -0.15) is 0 Å². The zero-order chi connectivity index (χ0) is 12.8. The van der Waals surface area contributed by atoms with Gasteiger partial charge in [0.2, 0.25) is 0 Å². The first-order valence-corrected chi connectivity index (χ1v) is 6.27. The van der Waals surface area contributed by atoms with Crippen LogP contribution in [0.1, 0.15) is 25.0 Å². The fourth-order valence-corrected chi connectivity index (χ4v) is 1.88. The van der Waals surface area contributed by atoms with Crippen LogP contribution in [0.3, 0.4) is 0 Å². The summed E-state index contributed by atoms with van der Waals surface area (Å²) in [5.41, 5.74) is 3.26. The van der Waals surface area contributed by atoms with Gasteiger partial charge in [0.25, 0.3) is 5.91 Å². The molecule has 1 amide bonds. The van der Waals surface area contributed by atoms with E-state index >= 15 is 0 Å². The molecule has 1 aromatic rings. The van der Waals surface area contributed by atoms with Crippen LogP contribution in [-0.4, -0.2) is 25.5 Å². The van der Waals surface area contributed by atoms with Crippen molar-refractivity contribution in [3.63, 3.8) is 0 Å². The van der Waals surface area contributed by atoms with Crippen LogP contribution in [0.4, 0.5) is 5.69 Å². The zero-order valence-electron chi connectivity index (χ0n) is 11.6. The van der Waals surface area contributed by atoms with Gasteiger partial charge in [0.15, 0.2) is 6.54 Å². The number of hydrogen-bond acceptors (Lipinski definition) is 1. The van der Waals surface area contributed by atoms with Crippen LogP contribution in [0.15, 0.2) is 18.2 Å². The molecule has 0 spiro atoms. The average molecular weight is 271 g/mol. The molecule has 18 heavy (non-hydrogen) atoms. The van der Waals surface area contributed by atoms with Gasteiger partial charge in [-0.25, -0.2) is 0 Å². The van der Waals surface area contributed by atoms with E-state index in [-0.39, 0.29) is 18.3 Å². The van der Waals surface area contributed by atoms with Crippen molar-refractivity contribution in [2.24, 2.45) is 0 Å². The number of benzene rings is 1. The van der Waals surface area contributed by atoms with E-state index in [4.69, 9.17) is 0 Å². The number of halogens is 1. The maximum absolute atomic E-state index is 11.8. The van der Waals surface area contributed by atoms with Crippen molar-refractivity contribution in [3.05, 3.63) is 29.3 Å². The molecule has 0 aliphatic rings. The molecule has 0 saturated carbocycles. The predicted molar refractivity (Wildman–Crippen MR) is 71.5 cm³/mol. The van der Waals surface area contributed by atoms with Gasteiger partial charge in [0.05, 0.1) is 13.1 Å². The molecule has 1 rings (SSSR count). The van der Waals surface area contributed by atoms with Crippen LogP contribution in [-0.2, 0) is 4.79 Å². The molecule has 0 aliphatic carbocycles. The van der Waals surface area contributed by atoms with Gasteiger partial charge in [-0.1, -0.05) is 17.7 Å². The van der Waals surface area contributed by atoms with Crippen molar-refractivity contribution in [2.45, 2.75) is 27.7 Å². The summed E-state index contributed by atoms with van der Waals surface area (Å²) in [5, 5.41) is 2.98. The molecule has 0 atom stereocenters.